The molecule has 80 valence electrons. The number of nitrogens with zero attached hydrogens (tertiary/aromatic N) is 2. The lowest BCUT2D eigenvalue weighted by Gasteiger charge is -2.09. The van der Waals surface area contributed by atoms with Crippen molar-refractivity contribution < 1.29 is 9.59 Å². The number of rotatable bonds is 3. The number of hydrogen-bond donors (Lipinski definition) is 2. The van der Waals surface area contributed by atoms with Crippen molar-refractivity contribution >= 4 is 11.8 Å². The highest BCUT2D eigenvalue weighted by molar-refractivity contribution is 6.05. The molecule has 1 aromatic rings. The van der Waals surface area contributed by atoms with Crippen LogP contribution in [0.2, 0.25) is 0 Å². The van der Waals surface area contributed by atoms with Gasteiger partial charge in [-0.2, -0.15) is 5.10 Å². The SMILES string of the molecule is CN1C(=O)CC(NCc2cn[nH]c2)C1=O. The molecule has 6 heteroatoms. The smallest absolute Gasteiger partial charge is 0.246 e. The number of amides is 2. The van der Waals surface area contributed by atoms with Crippen LogP contribution in [0.3, 0.4) is 0 Å². The molecule has 2 heterocycles. The molecule has 6 nitrogen and oxygen atoms in total. The van der Waals surface area contributed by atoms with E-state index in [0.717, 1.165) is 10.5 Å². The summed E-state index contributed by atoms with van der Waals surface area (Å²) in [6.07, 6.45) is 3.67. The van der Waals surface area contributed by atoms with Gasteiger partial charge in [0, 0.05) is 25.4 Å². The van der Waals surface area contributed by atoms with Crippen molar-refractivity contribution in [1.29, 1.82) is 0 Å². The molecular formula is C9H12N4O2. The van der Waals surface area contributed by atoms with Gasteiger partial charge in [0.05, 0.1) is 18.7 Å². The Hall–Kier alpha value is -1.69. The highest BCUT2D eigenvalue weighted by Gasteiger charge is 2.35. The first-order valence-corrected chi connectivity index (χ1v) is 4.70. The van der Waals surface area contributed by atoms with Gasteiger partial charge in [-0.1, -0.05) is 0 Å². The van der Waals surface area contributed by atoms with Crippen molar-refractivity contribution in [3.8, 4) is 0 Å². The minimum absolute atomic E-state index is 0.135. The van der Waals surface area contributed by atoms with Crippen molar-refractivity contribution in [2.24, 2.45) is 0 Å². The van der Waals surface area contributed by atoms with E-state index in [1.54, 1.807) is 12.4 Å². The third kappa shape index (κ3) is 1.89. The van der Waals surface area contributed by atoms with Crippen LogP contribution in [0.5, 0.6) is 0 Å². The summed E-state index contributed by atoms with van der Waals surface area (Å²) in [5.41, 5.74) is 0.963. The molecule has 0 aliphatic carbocycles. The Balaban J connectivity index is 1.91. The summed E-state index contributed by atoms with van der Waals surface area (Å²) in [6, 6.07) is -0.391. The molecule has 0 saturated carbocycles. The maximum atomic E-state index is 11.5. The molecule has 1 unspecified atom stereocenters. The standard InChI is InChI=1S/C9H12N4O2/c1-13-8(14)2-7(9(13)15)10-3-6-4-11-12-5-6/h4-5,7,10H,2-3H2,1H3,(H,11,12). The number of likely N-dealkylation sites (tertiary alicyclic amines) is 1. The predicted octanol–water partition coefficient (Wildman–Crippen LogP) is -0.743. The summed E-state index contributed by atoms with van der Waals surface area (Å²) >= 11 is 0. The van der Waals surface area contributed by atoms with Crippen molar-refractivity contribution in [3.63, 3.8) is 0 Å². The Kier molecular flexibility index (Phi) is 2.51. The van der Waals surface area contributed by atoms with Crippen molar-refractivity contribution in [2.75, 3.05) is 7.05 Å². The largest absolute Gasteiger partial charge is 0.301 e. The summed E-state index contributed by atoms with van der Waals surface area (Å²) in [6.45, 7) is 0.536. The fraction of sp³-hybridized carbons (Fsp3) is 0.444. The van der Waals surface area contributed by atoms with Crippen LogP contribution in [0.4, 0.5) is 0 Å². The average molecular weight is 208 g/mol. The summed E-state index contributed by atoms with van der Waals surface area (Å²) < 4.78 is 0. The molecule has 1 aliphatic heterocycles. The van der Waals surface area contributed by atoms with E-state index in [9.17, 15) is 9.59 Å². The van der Waals surface area contributed by atoms with Crippen LogP contribution < -0.4 is 5.32 Å². The summed E-state index contributed by atoms with van der Waals surface area (Å²) in [5.74, 6) is -0.298. The van der Waals surface area contributed by atoms with E-state index in [4.69, 9.17) is 0 Å². The predicted molar refractivity (Wildman–Crippen MR) is 51.6 cm³/mol. The van der Waals surface area contributed by atoms with Gasteiger partial charge in [-0.05, 0) is 0 Å². The van der Waals surface area contributed by atoms with Crippen LogP contribution in [-0.4, -0.2) is 40.0 Å². The first-order chi connectivity index (χ1) is 7.18. The number of carbonyl (C=O) groups excluding carboxylic acids is 2. The fourth-order valence-corrected chi connectivity index (χ4v) is 1.53. The Labute approximate surface area is 86.6 Å². The van der Waals surface area contributed by atoms with E-state index >= 15 is 0 Å². The molecule has 0 spiro atoms. The van der Waals surface area contributed by atoms with Gasteiger partial charge in [0.1, 0.15) is 0 Å². The van der Waals surface area contributed by atoms with Gasteiger partial charge < -0.3 is 5.32 Å². The lowest BCUT2D eigenvalue weighted by Crippen LogP contribution is -2.36. The Bertz CT molecular complexity index is 373. The van der Waals surface area contributed by atoms with Crippen LogP contribution in [0.25, 0.3) is 0 Å². The van der Waals surface area contributed by atoms with Gasteiger partial charge >= 0.3 is 0 Å². The second kappa shape index (κ2) is 3.82. The lowest BCUT2D eigenvalue weighted by atomic mass is 10.2. The molecule has 2 amide bonds. The molecule has 0 aromatic carbocycles. The van der Waals surface area contributed by atoms with Gasteiger partial charge in [-0.15, -0.1) is 0 Å². The Morgan fingerprint density at radius 1 is 1.67 bits per heavy atom. The number of hydrogen-bond acceptors (Lipinski definition) is 4. The maximum Gasteiger partial charge on any atom is 0.246 e. The van der Waals surface area contributed by atoms with Crippen LogP contribution >= 0.6 is 0 Å². The van der Waals surface area contributed by atoms with E-state index in [2.05, 4.69) is 15.5 Å². The zero-order chi connectivity index (χ0) is 10.8. The molecule has 0 radical (unpaired) electrons. The molecular weight excluding hydrogens is 196 g/mol. The molecule has 1 atom stereocenters. The lowest BCUT2D eigenvalue weighted by molar-refractivity contribution is -0.137. The number of imide groups is 1. The van der Waals surface area contributed by atoms with E-state index < -0.39 is 6.04 Å². The number of H-pyrrole nitrogens is 1. The van der Waals surface area contributed by atoms with Crippen molar-refractivity contribution in [1.82, 2.24) is 20.4 Å². The number of carbonyl (C=O) groups is 2. The van der Waals surface area contributed by atoms with Crippen LogP contribution in [0.1, 0.15) is 12.0 Å². The first-order valence-electron chi connectivity index (χ1n) is 4.70. The van der Waals surface area contributed by atoms with Crippen LogP contribution in [0.15, 0.2) is 12.4 Å². The average Bonchev–Trinajstić information content (AvgIpc) is 2.80. The van der Waals surface area contributed by atoms with E-state index in [-0.39, 0.29) is 18.2 Å². The van der Waals surface area contributed by atoms with Crippen LogP contribution in [0, 0.1) is 0 Å². The summed E-state index contributed by atoms with van der Waals surface area (Å²) in [5, 5.41) is 9.49. The second-order valence-corrected chi connectivity index (χ2v) is 3.54. The van der Waals surface area contributed by atoms with E-state index in [1.165, 1.54) is 7.05 Å². The van der Waals surface area contributed by atoms with Crippen molar-refractivity contribution in [2.45, 2.75) is 19.0 Å². The number of aromatic nitrogens is 2. The highest BCUT2D eigenvalue weighted by atomic mass is 16.2. The molecule has 0 bridgehead atoms. The number of nitrogens with one attached hydrogen (secondary N) is 2. The third-order valence-electron chi connectivity index (χ3n) is 2.49. The van der Waals surface area contributed by atoms with Crippen LogP contribution in [-0.2, 0) is 16.1 Å². The third-order valence-corrected chi connectivity index (χ3v) is 2.49. The second-order valence-electron chi connectivity index (χ2n) is 3.54. The van der Waals surface area contributed by atoms with Gasteiger partial charge in [-0.25, -0.2) is 0 Å². The quantitative estimate of drug-likeness (QED) is 0.641. The minimum Gasteiger partial charge on any atom is -0.301 e. The minimum atomic E-state index is -0.391. The molecule has 2 rings (SSSR count). The molecule has 2 N–H and O–H groups in total. The molecule has 15 heavy (non-hydrogen) atoms. The maximum absolute atomic E-state index is 11.5. The summed E-state index contributed by atoms with van der Waals surface area (Å²) in [4.78, 5) is 23.9. The molecule has 1 saturated heterocycles. The monoisotopic (exact) mass is 208 g/mol. The van der Waals surface area contributed by atoms with Crippen molar-refractivity contribution in [3.05, 3.63) is 18.0 Å². The normalized spacial score (nSPS) is 21.4. The Morgan fingerprint density at radius 2 is 2.47 bits per heavy atom. The zero-order valence-corrected chi connectivity index (χ0v) is 8.36. The van der Waals surface area contributed by atoms with Gasteiger partial charge in [-0.3, -0.25) is 19.6 Å². The molecule has 1 aliphatic rings. The fourth-order valence-electron chi connectivity index (χ4n) is 1.53. The molecule has 1 aromatic heterocycles. The topological polar surface area (TPSA) is 78.1 Å². The van der Waals surface area contributed by atoms with Gasteiger partial charge in [0.25, 0.3) is 0 Å². The van der Waals surface area contributed by atoms with E-state index in [0.29, 0.717) is 6.54 Å². The Morgan fingerprint density at radius 3 is 3.00 bits per heavy atom. The highest BCUT2D eigenvalue weighted by Crippen LogP contribution is 2.10. The van der Waals surface area contributed by atoms with Gasteiger partial charge in [0.15, 0.2) is 0 Å². The number of likely N-dealkylation sites (N-methyl/N-ethyl adjacent to an activating group) is 1. The number of aromatic amines is 1. The molecule has 1 fully saturated rings. The summed E-state index contributed by atoms with van der Waals surface area (Å²) in [7, 11) is 1.50. The van der Waals surface area contributed by atoms with Gasteiger partial charge in [0.2, 0.25) is 11.8 Å². The first kappa shape index (κ1) is 9.85. The zero-order valence-electron chi connectivity index (χ0n) is 8.36. The van der Waals surface area contributed by atoms with E-state index in [1.807, 2.05) is 0 Å².